The monoisotopic (exact) mass is 376 g/mol. The molecule has 5 atom stereocenters. The number of fused-ring (bicyclic) bond motifs is 2. The SMILES string of the molecule is CC=C(C)C(=O)OC1CCC2(O)C=C3OC(=O)C(C)=C3C(OC)C2(C)C1C. The predicted molar refractivity (Wildman–Crippen MR) is 98.4 cm³/mol. The molecule has 1 fully saturated rings. The third-order valence-electron chi connectivity index (χ3n) is 6.85. The van der Waals surface area contributed by atoms with Gasteiger partial charge >= 0.3 is 11.9 Å². The fourth-order valence-corrected chi connectivity index (χ4v) is 4.70. The smallest absolute Gasteiger partial charge is 0.339 e. The standard InChI is InChI=1S/C21H28O6/c1-7-11(2)18(22)26-14-8-9-21(24)10-15-16(12(3)19(23)27-15)17(25-6)20(21,5)13(14)4/h7,10,13-14,17,24H,8-9H2,1-6H3. The van der Waals surface area contributed by atoms with Crippen molar-refractivity contribution in [3.63, 3.8) is 0 Å². The maximum Gasteiger partial charge on any atom is 0.339 e. The van der Waals surface area contributed by atoms with E-state index in [1.54, 1.807) is 40.0 Å². The quantitative estimate of drug-likeness (QED) is 0.602. The van der Waals surface area contributed by atoms with Crippen LogP contribution in [0.25, 0.3) is 0 Å². The van der Waals surface area contributed by atoms with Gasteiger partial charge in [0.2, 0.25) is 0 Å². The minimum Gasteiger partial charge on any atom is -0.459 e. The van der Waals surface area contributed by atoms with E-state index in [-0.39, 0.29) is 18.0 Å². The summed E-state index contributed by atoms with van der Waals surface area (Å²) in [5, 5.41) is 11.5. The van der Waals surface area contributed by atoms with Crippen molar-refractivity contribution in [3.05, 3.63) is 34.6 Å². The average molecular weight is 376 g/mol. The minimum atomic E-state index is -1.23. The van der Waals surface area contributed by atoms with Crippen LogP contribution in [0.5, 0.6) is 0 Å². The van der Waals surface area contributed by atoms with E-state index >= 15 is 0 Å². The molecule has 6 heteroatoms. The number of esters is 2. The van der Waals surface area contributed by atoms with Crippen LogP contribution in [0.15, 0.2) is 34.6 Å². The first-order chi connectivity index (χ1) is 12.6. The molecule has 6 nitrogen and oxygen atoms in total. The molecule has 1 saturated carbocycles. The Morgan fingerprint density at radius 1 is 1.44 bits per heavy atom. The van der Waals surface area contributed by atoms with Crippen molar-refractivity contribution in [3.8, 4) is 0 Å². The Morgan fingerprint density at radius 2 is 2.11 bits per heavy atom. The Hall–Kier alpha value is -1.92. The molecule has 1 heterocycles. The first-order valence-corrected chi connectivity index (χ1v) is 9.36. The predicted octanol–water partition coefficient (Wildman–Crippen LogP) is 2.82. The molecule has 148 valence electrons. The molecule has 3 aliphatic rings. The van der Waals surface area contributed by atoms with Gasteiger partial charge in [-0.05, 0) is 39.7 Å². The van der Waals surface area contributed by atoms with Gasteiger partial charge in [-0.2, -0.15) is 0 Å². The summed E-state index contributed by atoms with van der Waals surface area (Å²) < 4.78 is 16.9. The lowest BCUT2D eigenvalue weighted by atomic mass is 9.52. The molecule has 0 spiro atoms. The number of rotatable bonds is 3. The number of hydrogen-bond acceptors (Lipinski definition) is 6. The summed E-state index contributed by atoms with van der Waals surface area (Å²) in [5.74, 6) is -0.581. The van der Waals surface area contributed by atoms with E-state index in [2.05, 4.69) is 0 Å². The fourth-order valence-electron chi connectivity index (χ4n) is 4.70. The molecular formula is C21H28O6. The summed E-state index contributed by atoms with van der Waals surface area (Å²) in [6.45, 7) is 9.12. The van der Waals surface area contributed by atoms with Crippen molar-refractivity contribution >= 4 is 11.9 Å². The van der Waals surface area contributed by atoms with Gasteiger partial charge in [0, 0.05) is 35.2 Å². The molecule has 0 aromatic rings. The van der Waals surface area contributed by atoms with Crippen LogP contribution >= 0.6 is 0 Å². The molecule has 0 saturated heterocycles. The number of aliphatic hydroxyl groups is 1. The van der Waals surface area contributed by atoms with Crippen LogP contribution in [0, 0.1) is 11.3 Å². The number of carbonyl (C=O) groups is 2. The normalized spacial score (nSPS) is 38.8. The fraction of sp³-hybridized carbons (Fsp3) is 0.619. The molecule has 0 aromatic heterocycles. The summed E-state index contributed by atoms with van der Waals surface area (Å²) >= 11 is 0. The third-order valence-corrected chi connectivity index (χ3v) is 6.85. The minimum absolute atomic E-state index is 0.205. The highest BCUT2D eigenvalue weighted by Crippen LogP contribution is 2.59. The summed E-state index contributed by atoms with van der Waals surface area (Å²) in [6.07, 6.45) is 3.36. The van der Waals surface area contributed by atoms with Crippen LogP contribution in [-0.4, -0.2) is 42.0 Å². The van der Waals surface area contributed by atoms with E-state index in [1.165, 1.54) is 0 Å². The number of allylic oxidation sites excluding steroid dienone is 1. The summed E-state index contributed by atoms with van der Waals surface area (Å²) in [4.78, 5) is 24.4. The number of methoxy groups -OCH3 is 1. The van der Waals surface area contributed by atoms with E-state index in [9.17, 15) is 14.7 Å². The molecule has 5 unspecified atom stereocenters. The maximum atomic E-state index is 12.3. The zero-order valence-corrected chi connectivity index (χ0v) is 16.8. The second-order valence-electron chi connectivity index (χ2n) is 8.00. The van der Waals surface area contributed by atoms with Crippen molar-refractivity contribution in [2.75, 3.05) is 7.11 Å². The van der Waals surface area contributed by atoms with E-state index in [0.717, 1.165) is 0 Å². The van der Waals surface area contributed by atoms with Gasteiger partial charge in [0.25, 0.3) is 0 Å². The van der Waals surface area contributed by atoms with Crippen molar-refractivity contribution < 1.29 is 28.9 Å². The topological polar surface area (TPSA) is 82.1 Å². The van der Waals surface area contributed by atoms with Gasteiger partial charge < -0.3 is 19.3 Å². The lowest BCUT2D eigenvalue weighted by Crippen LogP contribution is -2.64. The molecular weight excluding hydrogens is 348 g/mol. The Morgan fingerprint density at radius 3 is 2.70 bits per heavy atom. The number of hydrogen-bond donors (Lipinski definition) is 1. The Kier molecular flexibility index (Phi) is 4.85. The lowest BCUT2D eigenvalue weighted by Gasteiger charge is -2.58. The van der Waals surface area contributed by atoms with Gasteiger partial charge in [-0.1, -0.05) is 19.9 Å². The highest BCUT2D eigenvalue weighted by Gasteiger charge is 2.64. The lowest BCUT2D eigenvalue weighted by molar-refractivity contribution is -0.201. The van der Waals surface area contributed by atoms with Gasteiger partial charge in [-0.25, -0.2) is 9.59 Å². The zero-order valence-electron chi connectivity index (χ0n) is 16.8. The molecule has 2 aliphatic carbocycles. The van der Waals surface area contributed by atoms with Crippen molar-refractivity contribution in [2.45, 2.75) is 65.3 Å². The Labute approximate surface area is 159 Å². The van der Waals surface area contributed by atoms with Gasteiger partial charge in [-0.3, -0.25) is 0 Å². The molecule has 0 aromatic carbocycles. The van der Waals surface area contributed by atoms with E-state index in [0.29, 0.717) is 35.3 Å². The first-order valence-electron chi connectivity index (χ1n) is 9.36. The zero-order chi connectivity index (χ0) is 20.1. The summed E-state index contributed by atoms with van der Waals surface area (Å²) in [5.41, 5.74) is -0.292. The van der Waals surface area contributed by atoms with Gasteiger partial charge in [-0.15, -0.1) is 0 Å². The first kappa shape index (κ1) is 19.8. The molecule has 0 radical (unpaired) electrons. The largest absolute Gasteiger partial charge is 0.459 e. The number of carbonyl (C=O) groups excluding carboxylic acids is 2. The van der Waals surface area contributed by atoms with Crippen LogP contribution in [0.1, 0.15) is 47.5 Å². The van der Waals surface area contributed by atoms with Crippen molar-refractivity contribution in [1.82, 2.24) is 0 Å². The third kappa shape index (κ3) is 2.69. The molecule has 0 amide bonds. The van der Waals surface area contributed by atoms with Crippen LogP contribution in [0.2, 0.25) is 0 Å². The van der Waals surface area contributed by atoms with Crippen LogP contribution < -0.4 is 0 Å². The molecule has 0 bridgehead atoms. The van der Waals surface area contributed by atoms with E-state index in [4.69, 9.17) is 14.2 Å². The van der Waals surface area contributed by atoms with Crippen molar-refractivity contribution in [1.29, 1.82) is 0 Å². The van der Waals surface area contributed by atoms with Gasteiger partial charge in [0.1, 0.15) is 11.9 Å². The Bertz CT molecular complexity index is 776. The number of ether oxygens (including phenoxy) is 3. The second kappa shape index (κ2) is 6.60. The molecule has 27 heavy (non-hydrogen) atoms. The molecule has 1 N–H and O–H groups in total. The highest BCUT2D eigenvalue weighted by molar-refractivity contribution is 5.94. The molecule has 3 rings (SSSR count). The molecule has 1 aliphatic heterocycles. The van der Waals surface area contributed by atoms with E-state index < -0.39 is 23.1 Å². The Balaban J connectivity index is 2.04. The highest BCUT2D eigenvalue weighted by atomic mass is 16.6. The van der Waals surface area contributed by atoms with Crippen LogP contribution in [-0.2, 0) is 23.8 Å². The summed E-state index contributed by atoms with van der Waals surface area (Å²) in [7, 11) is 1.56. The van der Waals surface area contributed by atoms with Crippen LogP contribution in [0.3, 0.4) is 0 Å². The van der Waals surface area contributed by atoms with E-state index in [1.807, 2.05) is 13.8 Å². The van der Waals surface area contributed by atoms with Crippen molar-refractivity contribution in [2.24, 2.45) is 11.3 Å². The summed E-state index contributed by atoms with van der Waals surface area (Å²) in [6, 6.07) is 0. The van der Waals surface area contributed by atoms with Crippen LogP contribution in [0.4, 0.5) is 0 Å². The van der Waals surface area contributed by atoms with Gasteiger partial charge in [0.15, 0.2) is 0 Å². The average Bonchev–Trinajstić information content (AvgIpc) is 2.90. The van der Waals surface area contributed by atoms with Gasteiger partial charge in [0.05, 0.1) is 11.7 Å². The second-order valence-corrected chi connectivity index (χ2v) is 8.00. The maximum absolute atomic E-state index is 12.3.